The summed E-state index contributed by atoms with van der Waals surface area (Å²) in [5.74, 6) is 0.512. The van der Waals surface area contributed by atoms with E-state index in [1.54, 1.807) is 6.92 Å². The number of hydrogen-bond acceptors (Lipinski definition) is 2. The molecule has 0 atom stereocenters. The van der Waals surface area contributed by atoms with Gasteiger partial charge in [-0.05, 0) is 22.9 Å². The number of rotatable bonds is 0. The Morgan fingerprint density at radius 1 is 1.70 bits per heavy atom. The second-order valence-corrected chi connectivity index (χ2v) is 2.91. The Kier molecular flexibility index (Phi) is 2.11. The molecule has 0 bridgehead atoms. The molecule has 0 aliphatic rings. The van der Waals surface area contributed by atoms with Crippen molar-refractivity contribution in [3.8, 4) is 0 Å². The standard InChI is InChI=1S/C5H4BrClN2O/c1-2-8-4(7)3(6)5(10)9-2/h1H3,(H,8,9,10). The van der Waals surface area contributed by atoms with Gasteiger partial charge in [0.05, 0.1) is 0 Å². The first-order chi connectivity index (χ1) is 4.61. The van der Waals surface area contributed by atoms with E-state index in [0.29, 0.717) is 5.82 Å². The van der Waals surface area contributed by atoms with E-state index in [4.69, 9.17) is 11.6 Å². The molecule has 54 valence electrons. The molecule has 10 heavy (non-hydrogen) atoms. The van der Waals surface area contributed by atoms with Crippen LogP contribution in [0.3, 0.4) is 0 Å². The van der Waals surface area contributed by atoms with E-state index in [-0.39, 0.29) is 15.2 Å². The first kappa shape index (κ1) is 7.75. The summed E-state index contributed by atoms with van der Waals surface area (Å²) in [6, 6.07) is 0. The van der Waals surface area contributed by atoms with Crippen molar-refractivity contribution in [2.24, 2.45) is 0 Å². The molecule has 5 heteroatoms. The molecular formula is C5H4BrClN2O. The normalized spacial score (nSPS) is 9.90. The third-order valence-electron chi connectivity index (χ3n) is 0.941. The van der Waals surface area contributed by atoms with Crippen LogP contribution in [-0.4, -0.2) is 9.97 Å². The third kappa shape index (κ3) is 1.38. The van der Waals surface area contributed by atoms with Gasteiger partial charge in [-0.1, -0.05) is 11.6 Å². The predicted octanol–water partition coefficient (Wildman–Crippen LogP) is 1.49. The lowest BCUT2D eigenvalue weighted by molar-refractivity contribution is 1.01. The number of halogens is 2. The highest BCUT2D eigenvalue weighted by atomic mass is 79.9. The van der Waals surface area contributed by atoms with Gasteiger partial charge < -0.3 is 4.98 Å². The topological polar surface area (TPSA) is 45.8 Å². The van der Waals surface area contributed by atoms with Crippen molar-refractivity contribution in [2.45, 2.75) is 6.92 Å². The summed E-state index contributed by atoms with van der Waals surface area (Å²) in [6.45, 7) is 1.67. The van der Waals surface area contributed by atoms with Gasteiger partial charge in [0.25, 0.3) is 5.56 Å². The smallest absolute Gasteiger partial charge is 0.266 e. The monoisotopic (exact) mass is 222 g/mol. The van der Waals surface area contributed by atoms with Crippen LogP contribution in [0.25, 0.3) is 0 Å². The Balaban J connectivity index is 3.46. The van der Waals surface area contributed by atoms with E-state index in [1.165, 1.54) is 0 Å². The number of H-pyrrole nitrogens is 1. The summed E-state index contributed by atoms with van der Waals surface area (Å²) in [6.07, 6.45) is 0. The Labute approximate surface area is 70.6 Å². The van der Waals surface area contributed by atoms with E-state index in [2.05, 4.69) is 25.9 Å². The zero-order valence-corrected chi connectivity index (χ0v) is 7.45. The molecule has 1 aromatic rings. The molecule has 1 aromatic heterocycles. The molecule has 0 saturated carbocycles. The lowest BCUT2D eigenvalue weighted by atomic mass is 10.6. The first-order valence-electron chi connectivity index (χ1n) is 2.53. The fourth-order valence-electron chi connectivity index (χ4n) is 0.537. The number of nitrogens with one attached hydrogen (secondary N) is 1. The molecule has 0 saturated heterocycles. The molecular weight excluding hydrogens is 219 g/mol. The zero-order chi connectivity index (χ0) is 7.72. The van der Waals surface area contributed by atoms with Crippen molar-refractivity contribution in [2.75, 3.05) is 0 Å². The molecule has 0 amide bonds. The summed E-state index contributed by atoms with van der Waals surface area (Å²) in [7, 11) is 0. The molecule has 3 nitrogen and oxygen atoms in total. The number of aromatic amines is 1. The van der Waals surface area contributed by atoms with E-state index >= 15 is 0 Å². The number of nitrogens with zero attached hydrogens (tertiary/aromatic N) is 1. The Bertz CT molecular complexity index is 309. The van der Waals surface area contributed by atoms with Crippen molar-refractivity contribution in [1.29, 1.82) is 0 Å². The number of aryl methyl sites for hydroxylation is 1. The molecule has 1 rings (SSSR count). The van der Waals surface area contributed by atoms with Crippen LogP contribution in [0.5, 0.6) is 0 Å². The second kappa shape index (κ2) is 2.72. The van der Waals surface area contributed by atoms with Crippen molar-refractivity contribution in [3.05, 3.63) is 25.8 Å². The molecule has 1 heterocycles. The van der Waals surface area contributed by atoms with E-state index in [0.717, 1.165) is 0 Å². The maximum absolute atomic E-state index is 10.8. The van der Waals surface area contributed by atoms with E-state index in [9.17, 15) is 4.79 Å². The van der Waals surface area contributed by atoms with E-state index in [1.807, 2.05) is 0 Å². The van der Waals surface area contributed by atoms with Crippen LogP contribution >= 0.6 is 27.5 Å². The number of hydrogen-bond donors (Lipinski definition) is 1. The minimum Gasteiger partial charge on any atom is -0.310 e. The van der Waals surface area contributed by atoms with Crippen LogP contribution in [0, 0.1) is 6.92 Å². The largest absolute Gasteiger partial charge is 0.310 e. The van der Waals surface area contributed by atoms with Crippen molar-refractivity contribution >= 4 is 27.5 Å². The fourth-order valence-corrected chi connectivity index (χ4v) is 0.938. The van der Waals surface area contributed by atoms with Crippen LogP contribution in [0.4, 0.5) is 0 Å². The maximum atomic E-state index is 10.8. The molecule has 0 unspecified atom stereocenters. The molecule has 0 aliphatic carbocycles. The highest BCUT2D eigenvalue weighted by Crippen LogP contribution is 2.13. The highest BCUT2D eigenvalue weighted by molar-refractivity contribution is 9.10. The second-order valence-electron chi connectivity index (χ2n) is 1.76. The van der Waals surface area contributed by atoms with Crippen LogP contribution in [-0.2, 0) is 0 Å². The van der Waals surface area contributed by atoms with Crippen LogP contribution in [0.15, 0.2) is 9.27 Å². The molecule has 0 aromatic carbocycles. The molecule has 0 spiro atoms. The molecule has 0 fully saturated rings. The van der Waals surface area contributed by atoms with Gasteiger partial charge in [-0.25, -0.2) is 4.98 Å². The lowest BCUT2D eigenvalue weighted by Gasteiger charge is -1.93. The Hall–Kier alpha value is -0.350. The minimum atomic E-state index is -0.252. The van der Waals surface area contributed by atoms with Gasteiger partial charge in [0, 0.05) is 0 Å². The highest BCUT2D eigenvalue weighted by Gasteiger charge is 2.02. The molecule has 0 radical (unpaired) electrons. The van der Waals surface area contributed by atoms with Gasteiger partial charge in [-0.2, -0.15) is 0 Å². The van der Waals surface area contributed by atoms with Gasteiger partial charge >= 0.3 is 0 Å². The lowest BCUT2D eigenvalue weighted by Crippen LogP contribution is -2.10. The summed E-state index contributed by atoms with van der Waals surface area (Å²) in [5, 5.41) is 0.196. The minimum absolute atomic E-state index is 0.196. The average Bonchev–Trinajstić information content (AvgIpc) is 1.82. The maximum Gasteiger partial charge on any atom is 0.266 e. The third-order valence-corrected chi connectivity index (χ3v) is 2.18. The van der Waals surface area contributed by atoms with Crippen LogP contribution in [0.2, 0.25) is 5.15 Å². The van der Waals surface area contributed by atoms with Crippen molar-refractivity contribution in [1.82, 2.24) is 9.97 Å². The van der Waals surface area contributed by atoms with Gasteiger partial charge in [-0.15, -0.1) is 0 Å². The van der Waals surface area contributed by atoms with Gasteiger partial charge in [0.1, 0.15) is 10.3 Å². The van der Waals surface area contributed by atoms with Crippen molar-refractivity contribution < 1.29 is 0 Å². The predicted molar refractivity (Wildman–Crippen MR) is 42.3 cm³/mol. The number of aromatic nitrogens is 2. The first-order valence-corrected chi connectivity index (χ1v) is 3.70. The Morgan fingerprint density at radius 2 is 2.30 bits per heavy atom. The van der Waals surface area contributed by atoms with Crippen LogP contribution < -0.4 is 5.56 Å². The summed E-state index contributed by atoms with van der Waals surface area (Å²) in [5.41, 5.74) is -0.252. The SMILES string of the molecule is Cc1nc(Cl)c(Br)c(=O)[nH]1. The van der Waals surface area contributed by atoms with Crippen molar-refractivity contribution in [3.63, 3.8) is 0 Å². The van der Waals surface area contributed by atoms with E-state index < -0.39 is 0 Å². The quantitative estimate of drug-likeness (QED) is 0.678. The Morgan fingerprint density at radius 3 is 2.80 bits per heavy atom. The van der Waals surface area contributed by atoms with Crippen LogP contribution in [0.1, 0.15) is 5.82 Å². The summed E-state index contributed by atoms with van der Waals surface area (Å²) >= 11 is 8.52. The summed E-state index contributed by atoms with van der Waals surface area (Å²) in [4.78, 5) is 17.1. The zero-order valence-electron chi connectivity index (χ0n) is 5.11. The average molecular weight is 223 g/mol. The van der Waals surface area contributed by atoms with Gasteiger partial charge in [-0.3, -0.25) is 4.79 Å². The van der Waals surface area contributed by atoms with Gasteiger partial charge in [0.15, 0.2) is 5.15 Å². The molecule has 0 aliphatic heterocycles. The molecule has 1 N–H and O–H groups in total. The van der Waals surface area contributed by atoms with Gasteiger partial charge in [0.2, 0.25) is 0 Å². The fraction of sp³-hybridized carbons (Fsp3) is 0.200. The summed E-state index contributed by atoms with van der Waals surface area (Å²) < 4.78 is 0.278.